The number of methoxy groups -OCH3 is 1. The zero-order valence-electron chi connectivity index (χ0n) is 14.9. The van der Waals surface area contributed by atoms with Crippen LogP contribution in [0.3, 0.4) is 0 Å². The second-order valence-electron chi connectivity index (χ2n) is 6.01. The molecule has 6 nitrogen and oxygen atoms in total. The predicted octanol–water partition coefficient (Wildman–Crippen LogP) is 3.61. The minimum atomic E-state index is -0.409. The molecule has 2 aromatic rings. The van der Waals surface area contributed by atoms with E-state index in [-0.39, 0.29) is 12.1 Å². The molecule has 0 aliphatic carbocycles. The first-order valence-electron chi connectivity index (χ1n) is 8.30. The van der Waals surface area contributed by atoms with Crippen molar-refractivity contribution < 1.29 is 28.5 Å². The summed E-state index contributed by atoms with van der Waals surface area (Å²) in [6.07, 6.45) is 1.25. The van der Waals surface area contributed by atoms with Crippen molar-refractivity contribution in [3.05, 3.63) is 47.5 Å². The van der Waals surface area contributed by atoms with Crippen molar-refractivity contribution >= 4 is 11.9 Å². The standard InChI is InChI=1S/C20H20O6/c1-12(21)24-16-6-4-14-5-9-18(26-19(14)11-16)17-8-7-15(23-3)10-20(17)25-13(2)22/h4,6-8,10-11,18H,5,9H2,1-3H3. The minimum absolute atomic E-state index is 0.282. The van der Waals surface area contributed by atoms with Crippen LogP contribution in [-0.4, -0.2) is 19.0 Å². The van der Waals surface area contributed by atoms with Crippen LogP contribution in [0.1, 0.15) is 37.5 Å². The number of hydrogen-bond acceptors (Lipinski definition) is 6. The number of carbonyl (C=O) groups excluding carboxylic acids is 2. The van der Waals surface area contributed by atoms with Crippen LogP contribution in [-0.2, 0) is 16.0 Å². The molecule has 0 radical (unpaired) electrons. The van der Waals surface area contributed by atoms with Crippen LogP contribution in [0.2, 0.25) is 0 Å². The van der Waals surface area contributed by atoms with E-state index in [1.165, 1.54) is 13.8 Å². The summed E-state index contributed by atoms with van der Waals surface area (Å²) in [6, 6.07) is 10.7. The predicted molar refractivity (Wildman–Crippen MR) is 93.7 cm³/mol. The quantitative estimate of drug-likeness (QED) is 0.616. The molecule has 1 aliphatic heterocycles. The summed E-state index contributed by atoms with van der Waals surface area (Å²) in [5, 5.41) is 0. The van der Waals surface area contributed by atoms with Gasteiger partial charge in [0.15, 0.2) is 0 Å². The number of hydrogen-bond donors (Lipinski definition) is 0. The Hall–Kier alpha value is -3.02. The maximum atomic E-state index is 11.4. The Bertz CT molecular complexity index is 842. The number of ether oxygens (including phenoxy) is 4. The Labute approximate surface area is 151 Å². The lowest BCUT2D eigenvalue weighted by Gasteiger charge is -2.28. The molecule has 26 heavy (non-hydrogen) atoms. The molecule has 6 heteroatoms. The van der Waals surface area contributed by atoms with Gasteiger partial charge in [-0.05, 0) is 36.6 Å². The molecule has 0 aromatic heterocycles. The molecule has 0 spiro atoms. The smallest absolute Gasteiger partial charge is 0.308 e. The summed E-state index contributed by atoms with van der Waals surface area (Å²) in [4.78, 5) is 22.6. The molecule has 1 aliphatic rings. The SMILES string of the molecule is COc1ccc(C2CCc3ccc(OC(C)=O)cc3O2)c(OC(C)=O)c1. The van der Waals surface area contributed by atoms with E-state index in [0.717, 1.165) is 24.0 Å². The molecule has 0 saturated heterocycles. The van der Waals surface area contributed by atoms with Crippen LogP contribution in [0.25, 0.3) is 0 Å². The average Bonchev–Trinajstić information content (AvgIpc) is 2.60. The van der Waals surface area contributed by atoms with Gasteiger partial charge in [-0.15, -0.1) is 0 Å². The summed E-state index contributed by atoms with van der Waals surface area (Å²) in [5.74, 6) is 1.31. The molecule has 1 heterocycles. The lowest BCUT2D eigenvalue weighted by Crippen LogP contribution is -2.17. The third-order valence-corrected chi connectivity index (χ3v) is 4.07. The maximum absolute atomic E-state index is 11.4. The normalized spacial score (nSPS) is 15.4. The number of benzene rings is 2. The van der Waals surface area contributed by atoms with Crippen LogP contribution in [0.5, 0.6) is 23.0 Å². The van der Waals surface area contributed by atoms with E-state index in [0.29, 0.717) is 23.0 Å². The number of aryl methyl sites for hydroxylation is 1. The lowest BCUT2D eigenvalue weighted by molar-refractivity contribution is -0.132. The van der Waals surface area contributed by atoms with Gasteiger partial charge in [0.2, 0.25) is 0 Å². The van der Waals surface area contributed by atoms with E-state index in [9.17, 15) is 9.59 Å². The average molecular weight is 356 g/mol. The van der Waals surface area contributed by atoms with Crippen LogP contribution in [0.15, 0.2) is 36.4 Å². The number of rotatable bonds is 4. The van der Waals surface area contributed by atoms with Crippen molar-refractivity contribution in [3.63, 3.8) is 0 Å². The second-order valence-corrected chi connectivity index (χ2v) is 6.01. The number of esters is 2. The zero-order valence-corrected chi connectivity index (χ0v) is 14.9. The first kappa shape index (κ1) is 17.8. The number of fused-ring (bicyclic) bond motifs is 1. The zero-order chi connectivity index (χ0) is 18.7. The van der Waals surface area contributed by atoms with Gasteiger partial charge >= 0.3 is 11.9 Å². The van der Waals surface area contributed by atoms with E-state index < -0.39 is 5.97 Å². The molecule has 2 aromatic carbocycles. The van der Waals surface area contributed by atoms with Gasteiger partial charge in [-0.3, -0.25) is 9.59 Å². The van der Waals surface area contributed by atoms with Crippen molar-refractivity contribution in [1.29, 1.82) is 0 Å². The molecular formula is C20H20O6. The fourth-order valence-corrected chi connectivity index (χ4v) is 2.95. The monoisotopic (exact) mass is 356 g/mol. The Morgan fingerprint density at radius 2 is 1.73 bits per heavy atom. The van der Waals surface area contributed by atoms with Gasteiger partial charge in [0.25, 0.3) is 0 Å². The third kappa shape index (κ3) is 3.96. The Morgan fingerprint density at radius 3 is 2.42 bits per heavy atom. The molecule has 0 fully saturated rings. The van der Waals surface area contributed by atoms with Crippen LogP contribution in [0, 0.1) is 0 Å². The van der Waals surface area contributed by atoms with Gasteiger partial charge < -0.3 is 18.9 Å². The third-order valence-electron chi connectivity index (χ3n) is 4.07. The maximum Gasteiger partial charge on any atom is 0.308 e. The van der Waals surface area contributed by atoms with Gasteiger partial charge in [-0.25, -0.2) is 0 Å². The fourth-order valence-electron chi connectivity index (χ4n) is 2.95. The summed E-state index contributed by atoms with van der Waals surface area (Å²) >= 11 is 0. The molecular weight excluding hydrogens is 336 g/mol. The highest BCUT2D eigenvalue weighted by Gasteiger charge is 2.25. The first-order chi connectivity index (χ1) is 12.5. The van der Waals surface area contributed by atoms with Gasteiger partial charge in [0.1, 0.15) is 29.1 Å². The van der Waals surface area contributed by atoms with Crippen molar-refractivity contribution in [2.24, 2.45) is 0 Å². The van der Waals surface area contributed by atoms with Crippen molar-refractivity contribution in [1.82, 2.24) is 0 Å². The molecule has 0 bridgehead atoms. The molecule has 1 atom stereocenters. The number of carbonyl (C=O) groups is 2. The van der Waals surface area contributed by atoms with Gasteiger partial charge in [0.05, 0.1) is 7.11 Å². The lowest BCUT2D eigenvalue weighted by atomic mass is 9.96. The molecule has 0 amide bonds. The van der Waals surface area contributed by atoms with Crippen LogP contribution >= 0.6 is 0 Å². The largest absolute Gasteiger partial charge is 0.497 e. The van der Waals surface area contributed by atoms with E-state index in [1.807, 2.05) is 12.1 Å². The van der Waals surface area contributed by atoms with Crippen molar-refractivity contribution in [2.75, 3.05) is 7.11 Å². The highest BCUT2D eigenvalue weighted by Crippen LogP contribution is 2.40. The van der Waals surface area contributed by atoms with E-state index >= 15 is 0 Å². The van der Waals surface area contributed by atoms with Crippen molar-refractivity contribution in [2.45, 2.75) is 32.8 Å². The van der Waals surface area contributed by atoms with Crippen molar-refractivity contribution in [3.8, 4) is 23.0 Å². The van der Waals surface area contributed by atoms with Gasteiger partial charge in [-0.2, -0.15) is 0 Å². The summed E-state index contributed by atoms with van der Waals surface area (Å²) in [7, 11) is 1.55. The molecule has 0 saturated carbocycles. The molecule has 0 N–H and O–H groups in total. The Morgan fingerprint density at radius 1 is 1.00 bits per heavy atom. The van der Waals surface area contributed by atoms with Gasteiger partial charge in [0, 0.05) is 31.5 Å². The fraction of sp³-hybridized carbons (Fsp3) is 0.300. The molecule has 136 valence electrons. The molecule has 3 rings (SSSR count). The highest BCUT2D eigenvalue weighted by molar-refractivity contribution is 5.70. The molecule has 1 unspecified atom stereocenters. The van der Waals surface area contributed by atoms with E-state index in [4.69, 9.17) is 18.9 Å². The van der Waals surface area contributed by atoms with Gasteiger partial charge in [-0.1, -0.05) is 6.07 Å². The second kappa shape index (κ2) is 7.47. The summed E-state index contributed by atoms with van der Waals surface area (Å²) in [6.45, 7) is 2.71. The first-order valence-corrected chi connectivity index (χ1v) is 8.30. The van der Waals surface area contributed by atoms with Crippen LogP contribution < -0.4 is 18.9 Å². The van der Waals surface area contributed by atoms with E-state index in [1.54, 1.807) is 31.4 Å². The highest BCUT2D eigenvalue weighted by atomic mass is 16.5. The van der Waals surface area contributed by atoms with E-state index in [2.05, 4.69) is 0 Å². The Balaban J connectivity index is 1.90. The Kier molecular flexibility index (Phi) is 5.11. The minimum Gasteiger partial charge on any atom is -0.497 e. The van der Waals surface area contributed by atoms with Crippen LogP contribution in [0.4, 0.5) is 0 Å². The summed E-state index contributed by atoms with van der Waals surface area (Å²) in [5.41, 5.74) is 1.81. The summed E-state index contributed by atoms with van der Waals surface area (Å²) < 4.78 is 21.8. The topological polar surface area (TPSA) is 71.1 Å².